The third-order valence-corrected chi connectivity index (χ3v) is 8.88. The van der Waals surface area contributed by atoms with Gasteiger partial charge in [0.05, 0.1) is 18.6 Å². The summed E-state index contributed by atoms with van der Waals surface area (Å²) in [6.45, 7) is 10.4. The summed E-state index contributed by atoms with van der Waals surface area (Å²) in [7, 11) is 0.0458. The average molecular weight is 665 g/mol. The quantitative estimate of drug-likeness (QED) is 0.0622. The Hall–Kier alpha value is -2.48. The number of unbranched alkanes of at least 4 members (excludes halogenated alkanes) is 14. The smallest absolute Gasteiger partial charge is 0.356 e. The number of carbonyl (C=O) groups is 1. The topological polar surface area (TPSA) is 96.8 Å². The van der Waals surface area contributed by atoms with E-state index < -0.39 is 13.6 Å². The highest BCUT2D eigenvalue weighted by Gasteiger charge is 2.16. The van der Waals surface area contributed by atoms with Crippen molar-refractivity contribution in [3.63, 3.8) is 0 Å². The van der Waals surface area contributed by atoms with Crippen molar-refractivity contribution in [1.82, 2.24) is 19.6 Å². The van der Waals surface area contributed by atoms with E-state index in [-0.39, 0.29) is 11.1 Å². The maximum absolute atomic E-state index is 10.8. The summed E-state index contributed by atoms with van der Waals surface area (Å²) in [5, 5.41) is -0.103. The zero-order chi connectivity index (χ0) is 34.0. The first-order valence-electron chi connectivity index (χ1n) is 17.6. The predicted molar refractivity (Wildman–Crippen MR) is 192 cm³/mol. The Kier molecular flexibility index (Phi) is 23.1. The zero-order valence-corrected chi connectivity index (χ0v) is 30.5. The second kappa shape index (κ2) is 25.6. The lowest BCUT2D eigenvalue weighted by Gasteiger charge is -2.17. The molecule has 0 saturated heterocycles. The molecule has 0 aromatic heterocycles. The molecule has 2 heterocycles. The Labute approximate surface area is 280 Å². The standard InChI is InChI=1S/2C14H28N2.C8H9O5P/c2*1-3-4-5-6-7-8-9-10-11-16-13-12-15(2)14-16;1-6(9)13-7-2-4-8(5-3-7)14(10,11)12/h2*12-13H,3-11,14H2,1-2H3;2-5H,1H3,(H2,10,11,12). The average Bonchev–Trinajstić information content (AvgIpc) is 3.63. The summed E-state index contributed by atoms with van der Waals surface area (Å²) in [5.74, 6) is -0.219. The lowest BCUT2D eigenvalue weighted by molar-refractivity contribution is -0.131. The van der Waals surface area contributed by atoms with E-state index in [4.69, 9.17) is 9.79 Å². The Morgan fingerprint density at radius 3 is 1.33 bits per heavy atom. The number of rotatable bonds is 20. The normalized spacial score (nSPS) is 13.9. The number of nitrogens with zero attached hydrogens (tertiary/aromatic N) is 4. The van der Waals surface area contributed by atoms with E-state index in [2.05, 4.69) is 77.1 Å². The van der Waals surface area contributed by atoms with Gasteiger partial charge in [0, 0.05) is 58.9 Å². The molecule has 2 N–H and O–H groups in total. The van der Waals surface area contributed by atoms with Gasteiger partial charge in [-0.05, 0) is 37.1 Å². The van der Waals surface area contributed by atoms with Crippen molar-refractivity contribution < 1.29 is 23.9 Å². The van der Waals surface area contributed by atoms with Gasteiger partial charge in [0.25, 0.3) is 0 Å². The van der Waals surface area contributed by atoms with Crippen LogP contribution in [0.5, 0.6) is 5.75 Å². The lowest BCUT2D eigenvalue weighted by atomic mass is 10.1. The van der Waals surface area contributed by atoms with Crippen LogP contribution < -0.4 is 10.0 Å². The molecule has 0 amide bonds. The minimum absolute atomic E-state index is 0.103. The third-order valence-electron chi connectivity index (χ3n) is 7.91. The second-order valence-electron chi connectivity index (χ2n) is 12.6. The molecule has 0 spiro atoms. The molecule has 9 nitrogen and oxygen atoms in total. The predicted octanol–water partition coefficient (Wildman–Crippen LogP) is 8.02. The molecule has 2 aliphatic heterocycles. The maximum atomic E-state index is 10.8. The second-order valence-corrected chi connectivity index (χ2v) is 14.2. The van der Waals surface area contributed by atoms with Gasteiger partial charge in [-0.2, -0.15) is 0 Å². The fourth-order valence-electron chi connectivity index (χ4n) is 5.24. The maximum Gasteiger partial charge on any atom is 0.356 e. The van der Waals surface area contributed by atoms with Gasteiger partial charge in [-0.25, -0.2) is 0 Å². The monoisotopic (exact) mass is 664 g/mol. The first kappa shape index (κ1) is 41.5. The van der Waals surface area contributed by atoms with E-state index in [1.54, 1.807) is 0 Å². The van der Waals surface area contributed by atoms with Crippen LogP contribution >= 0.6 is 7.60 Å². The molecular formula is C36H65N4O5P. The van der Waals surface area contributed by atoms with Gasteiger partial charge in [-0.3, -0.25) is 9.36 Å². The number of hydrogen-bond acceptors (Lipinski definition) is 7. The molecule has 3 rings (SSSR count). The van der Waals surface area contributed by atoms with Crippen molar-refractivity contribution in [1.29, 1.82) is 0 Å². The highest BCUT2D eigenvalue weighted by Crippen LogP contribution is 2.33. The Balaban J connectivity index is 0.000000346. The summed E-state index contributed by atoms with van der Waals surface area (Å²) in [5.41, 5.74) is 0. The van der Waals surface area contributed by atoms with Crippen LogP contribution in [0.25, 0.3) is 0 Å². The summed E-state index contributed by atoms with van der Waals surface area (Å²) >= 11 is 0. The van der Waals surface area contributed by atoms with Gasteiger partial charge in [0.1, 0.15) is 5.75 Å². The SMILES string of the molecule is CC(=O)Oc1ccc(P(=O)(O)O)cc1.CCCCCCCCCCN1C=CN(C)C1.CCCCCCCCCCN1C=CN(C)C1. The van der Waals surface area contributed by atoms with Gasteiger partial charge in [-0.15, -0.1) is 0 Å². The van der Waals surface area contributed by atoms with Crippen LogP contribution in [0.3, 0.4) is 0 Å². The first-order chi connectivity index (χ1) is 22.0. The number of esters is 1. The Morgan fingerprint density at radius 1 is 0.652 bits per heavy atom. The molecule has 2 aliphatic rings. The van der Waals surface area contributed by atoms with Crippen molar-refractivity contribution >= 4 is 18.9 Å². The van der Waals surface area contributed by atoms with E-state index in [1.165, 1.54) is 147 Å². The van der Waals surface area contributed by atoms with E-state index in [9.17, 15) is 9.36 Å². The van der Waals surface area contributed by atoms with Gasteiger partial charge in [-0.1, -0.05) is 104 Å². The minimum Gasteiger partial charge on any atom is -0.427 e. The van der Waals surface area contributed by atoms with Crippen LogP contribution in [-0.4, -0.2) is 75.9 Å². The fourth-order valence-corrected chi connectivity index (χ4v) is 5.78. The van der Waals surface area contributed by atoms with Crippen LogP contribution in [0.4, 0.5) is 0 Å². The summed E-state index contributed by atoms with van der Waals surface area (Å²) < 4.78 is 15.4. The highest BCUT2D eigenvalue weighted by molar-refractivity contribution is 7.60. The number of carbonyl (C=O) groups excluding carboxylic acids is 1. The van der Waals surface area contributed by atoms with E-state index in [1.807, 2.05) is 0 Å². The molecule has 1 aromatic rings. The molecule has 0 fully saturated rings. The van der Waals surface area contributed by atoms with E-state index in [0.29, 0.717) is 0 Å². The molecule has 0 unspecified atom stereocenters. The number of benzene rings is 1. The summed E-state index contributed by atoms with van der Waals surface area (Å²) in [6.07, 6.45) is 31.3. The summed E-state index contributed by atoms with van der Waals surface area (Å²) in [6, 6.07) is 5.10. The zero-order valence-electron chi connectivity index (χ0n) is 29.6. The van der Waals surface area contributed by atoms with Crippen molar-refractivity contribution in [3.8, 4) is 5.75 Å². The molecule has 0 aliphatic carbocycles. The van der Waals surface area contributed by atoms with Crippen LogP contribution in [0.15, 0.2) is 49.1 Å². The lowest BCUT2D eigenvalue weighted by Crippen LogP contribution is -2.23. The number of hydrogen-bond donors (Lipinski definition) is 2. The van der Waals surface area contributed by atoms with Crippen LogP contribution in [0.2, 0.25) is 0 Å². The van der Waals surface area contributed by atoms with Gasteiger partial charge in [0.15, 0.2) is 0 Å². The third kappa shape index (κ3) is 22.1. The van der Waals surface area contributed by atoms with Crippen molar-refractivity contribution in [2.75, 3.05) is 40.5 Å². The van der Waals surface area contributed by atoms with Gasteiger partial charge in [0.2, 0.25) is 0 Å². The molecule has 0 atom stereocenters. The molecule has 264 valence electrons. The summed E-state index contributed by atoms with van der Waals surface area (Å²) in [4.78, 5) is 37.3. The Bertz CT molecular complexity index is 972. The van der Waals surface area contributed by atoms with Gasteiger partial charge < -0.3 is 34.1 Å². The molecule has 0 saturated carbocycles. The van der Waals surface area contributed by atoms with Gasteiger partial charge >= 0.3 is 13.6 Å². The molecule has 0 radical (unpaired) electrons. The molecule has 1 aromatic carbocycles. The van der Waals surface area contributed by atoms with Crippen LogP contribution in [0, 0.1) is 0 Å². The van der Waals surface area contributed by atoms with Crippen LogP contribution in [-0.2, 0) is 9.36 Å². The number of ether oxygens (including phenoxy) is 1. The first-order valence-corrected chi connectivity index (χ1v) is 19.3. The van der Waals surface area contributed by atoms with Crippen molar-refractivity contribution in [2.45, 2.75) is 124 Å². The molecule has 0 bridgehead atoms. The largest absolute Gasteiger partial charge is 0.427 e. The molecular weight excluding hydrogens is 599 g/mol. The van der Waals surface area contributed by atoms with Crippen molar-refractivity contribution in [2.24, 2.45) is 0 Å². The van der Waals surface area contributed by atoms with Crippen molar-refractivity contribution in [3.05, 3.63) is 49.1 Å². The van der Waals surface area contributed by atoms with E-state index >= 15 is 0 Å². The minimum atomic E-state index is -4.21. The van der Waals surface area contributed by atoms with E-state index in [0.717, 1.165) is 13.3 Å². The fraction of sp³-hybridized carbons (Fsp3) is 0.694. The molecule has 46 heavy (non-hydrogen) atoms. The highest BCUT2D eigenvalue weighted by atomic mass is 31.2. The van der Waals surface area contributed by atoms with Crippen LogP contribution in [0.1, 0.15) is 124 Å². The molecule has 10 heteroatoms. The Morgan fingerprint density at radius 2 is 1.02 bits per heavy atom.